The summed E-state index contributed by atoms with van der Waals surface area (Å²) in [6.07, 6.45) is 1.66. The number of aliphatic hydroxyl groups excluding tert-OH is 2. The van der Waals surface area contributed by atoms with Crippen LogP contribution < -0.4 is 10.6 Å². The van der Waals surface area contributed by atoms with Crippen LogP contribution in [0.1, 0.15) is 123 Å². The van der Waals surface area contributed by atoms with E-state index in [-0.39, 0.29) is 82.4 Å². The Labute approximate surface area is 383 Å². The lowest BCUT2D eigenvalue weighted by atomic mass is 9.87. The molecule has 0 aliphatic heterocycles. The zero-order chi connectivity index (χ0) is 49.3. The normalized spacial score (nSPS) is 14.9. The van der Waals surface area contributed by atoms with E-state index in [0.29, 0.717) is 24.2 Å². The van der Waals surface area contributed by atoms with Crippen LogP contribution in [0.5, 0.6) is 0 Å². The number of nitrogens with zero attached hydrogens (tertiary/aromatic N) is 2. The van der Waals surface area contributed by atoms with Crippen LogP contribution >= 0.6 is 0 Å². The average Bonchev–Trinajstić information content (AvgIpc) is 3.97. The summed E-state index contributed by atoms with van der Waals surface area (Å²) in [5.41, 5.74) is 0.932. The number of carboxylic acids is 2. The summed E-state index contributed by atoms with van der Waals surface area (Å²) < 4.78 is 5.48. The quantitative estimate of drug-likeness (QED) is 0.0448. The molecule has 21 heteroatoms. The number of carbonyl (C=O) groups is 10. The minimum Gasteiger partial charge on any atom is -0.481 e. The zero-order valence-electron chi connectivity index (χ0n) is 38.1. The molecule has 66 heavy (non-hydrogen) atoms. The fraction of sp³-hybridized carbons (Fsp3) is 0.644. The molecule has 2 aromatic heterocycles. The van der Waals surface area contributed by atoms with E-state index in [9.17, 15) is 68.4 Å². The number of hydrogen-bond acceptors (Lipinski definition) is 15. The Morgan fingerprint density at radius 1 is 0.636 bits per heavy atom. The first-order valence-corrected chi connectivity index (χ1v) is 22.3. The molecule has 0 radical (unpaired) electrons. The van der Waals surface area contributed by atoms with E-state index in [1.807, 2.05) is 6.92 Å². The first-order chi connectivity index (χ1) is 31.2. The Morgan fingerprint density at radius 2 is 1.08 bits per heavy atom. The fourth-order valence-electron chi connectivity index (χ4n) is 7.27. The van der Waals surface area contributed by atoms with Gasteiger partial charge in [0.2, 0.25) is 11.8 Å². The van der Waals surface area contributed by atoms with Crippen molar-refractivity contribution in [3.05, 3.63) is 36.4 Å². The van der Waals surface area contributed by atoms with Gasteiger partial charge in [-0.25, -0.2) is 9.97 Å². The van der Waals surface area contributed by atoms with Gasteiger partial charge in [0.05, 0.1) is 48.8 Å². The van der Waals surface area contributed by atoms with Crippen molar-refractivity contribution < 1.29 is 73.1 Å². The van der Waals surface area contributed by atoms with Crippen molar-refractivity contribution in [1.82, 2.24) is 30.6 Å². The summed E-state index contributed by atoms with van der Waals surface area (Å²) in [4.78, 5) is 142. The molecule has 8 N–H and O–H groups in total. The van der Waals surface area contributed by atoms with Crippen molar-refractivity contribution in [3.8, 4) is 0 Å². The third-order valence-corrected chi connectivity index (χ3v) is 11.1. The number of aliphatic hydroxyl groups is 2. The second-order valence-corrected chi connectivity index (χ2v) is 16.8. The molecule has 2 rings (SSSR count). The van der Waals surface area contributed by atoms with Crippen LogP contribution in [-0.4, -0.2) is 136 Å². The van der Waals surface area contributed by atoms with E-state index in [0.717, 1.165) is 0 Å². The maximum absolute atomic E-state index is 13.7. The molecule has 0 unspecified atom stereocenters. The number of amides is 2. The molecule has 2 heterocycles. The number of ether oxygens (including phenoxy) is 1. The van der Waals surface area contributed by atoms with E-state index < -0.39 is 121 Å². The summed E-state index contributed by atoms with van der Waals surface area (Å²) in [6, 6.07) is -2.44. The van der Waals surface area contributed by atoms with Gasteiger partial charge in [-0.1, -0.05) is 13.3 Å². The highest BCUT2D eigenvalue weighted by molar-refractivity contribution is 5.96. The predicted molar refractivity (Wildman–Crippen MR) is 233 cm³/mol. The van der Waals surface area contributed by atoms with E-state index >= 15 is 0 Å². The van der Waals surface area contributed by atoms with Crippen molar-refractivity contribution in [2.45, 2.75) is 148 Å². The average molecular weight is 931 g/mol. The third kappa shape index (κ3) is 21.5. The van der Waals surface area contributed by atoms with Gasteiger partial charge in [0, 0.05) is 106 Å². The number of carbonyl (C=O) groups excluding carboxylic acids is 8. The smallest absolute Gasteiger partial charge is 0.303 e. The zero-order valence-corrected chi connectivity index (χ0v) is 38.1. The fourth-order valence-corrected chi connectivity index (χ4v) is 7.27. The SMILES string of the molecule is CCCCC(=O)[C@@H](CCC(=O)O)CC(=O)[C@@H](Cc1cnc[nH]1)NC(=O)[C@H](CC(=O)COCCCC(=O)[C@@H](CCC(=O)O)CC(=O)[C@@H](Cc1cnc[nH]1)NC(=O)[C@H](CC(C)=O)[C@H](C)O)[C@H](C)O. The number of nitrogens with one attached hydrogen (secondary N) is 4. The third-order valence-electron chi connectivity index (χ3n) is 11.1. The Bertz CT molecular complexity index is 1910. The number of H-pyrrole nitrogens is 2. The number of rotatable bonds is 37. The van der Waals surface area contributed by atoms with E-state index in [2.05, 4.69) is 30.6 Å². The molecular weight excluding hydrogens is 865 g/mol. The Kier molecular flexibility index (Phi) is 25.3. The lowest BCUT2D eigenvalue weighted by Crippen LogP contribution is -2.48. The highest BCUT2D eigenvalue weighted by atomic mass is 16.5. The standard InChI is InChI=1S/C45H66N6O15/c1-5-6-8-38(56)29(10-12-42(60)61)16-40(58)37(19-32-22-47-25-49-32)51-45(65)35(28(4)54)20-33(55)23-66-14-7-9-39(57)30(11-13-43(62)63)17-41(59)36(18-31-21-46-24-48-31)50-44(64)34(27(3)53)15-26(2)52/h21-22,24-25,27-30,34-37,53-54H,5-20,23H2,1-4H3,(H,46,48)(H,47,49)(H,50,64)(H,51,65)(H,60,61)(H,62,63)/t27-,28-,29-,30-,34+,35+,36+,37+/m0/s1. The molecule has 2 aromatic rings. The predicted octanol–water partition coefficient (Wildman–Crippen LogP) is 1.83. The number of imidazole rings is 2. The van der Waals surface area contributed by atoms with Crippen LogP contribution in [-0.2, 0) is 65.5 Å². The topological polar surface area (TPSA) is 342 Å². The van der Waals surface area contributed by atoms with Gasteiger partial charge >= 0.3 is 11.9 Å². The van der Waals surface area contributed by atoms with Crippen LogP contribution in [0.25, 0.3) is 0 Å². The summed E-state index contributed by atoms with van der Waals surface area (Å²) in [7, 11) is 0. The van der Waals surface area contributed by atoms with E-state index in [1.165, 1.54) is 45.8 Å². The number of aliphatic carboxylic acids is 2. The monoisotopic (exact) mass is 930 g/mol. The summed E-state index contributed by atoms with van der Waals surface area (Å²) >= 11 is 0. The van der Waals surface area contributed by atoms with Gasteiger partial charge in [0.15, 0.2) is 17.3 Å². The molecule has 0 aliphatic rings. The largest absolute Gasteiger partial charge is 0.481 e. The maximum Gasteiger partial charge on any atom is 0.303 e. The maximum atomic E-state index is 13.7. The van der Waals surface area contributed by atoms with Crippen molar-refractivity contribution >= 4 is 58.5 Å². The van der Waals surface area contributed by atoms with Crippen LogP contribution in [0, 0.1) is 23.7 Å². The molecule has 21 nitrogen and oxygen atoms in total. The summed E-state index contributed by atoms with van der Waals surface area (Å²) in [5.74, 6) is -11.1. The van der Waals surface area contributed by atoms with Gasteiger partial charge in [-0.05, 0) is 46.5 Å². The number of carboxylic acid groups (broad SMARTS) is 2. The molecule has 0 aromatic carbocycles. The van der Waals surface area contributed by atoms with Crippen molar-refractivity contribution in [1.29, 1.82) is 0 Å². The van der Waals surface area contributed by atoms with Crippen LogP contribution in [0.15, 0.2) is 25.0 Å². The van der Waals surface area contributed by atoms with Gasteiger partial charge in [-0.3, -0.25) is 43.2 Å². The molecule has 0 fully saturated rings. The highest BCUT2D eigenvalue weighted by Crippen LogP contribution is 2.22. The van der Waals surface area contributed by atoms with Crippen molar-refractivity contribution in [2.24, 2.45) is 23.7 Å². The van der Waals surface area contributed by atoms with Gasteiger partial charge in [0.1, 0.15) is 24.0 Å². The number of aromatic amines is 2. The summed E-state index contributed by atoms with van der Waals surface area (Å²) in [6.45, 7) is 5.14. The van der Waals surface area contributed by atoms with Crippen LogP contribution in [0.4, 0.5) is 0 Å². The van der Waals surface area contributed by atoms with Gasteiger partial charge in [-0.2, -0.15) is 0 Å². The molecule has 0 saturated carbocycles. The van der Waals surface area contributed by atoms with Gasteiger partial charge < -0.3 is 50.6 Å². The number of aromatic nitrogens is 4. The Morgan fingerprint density at radius 3 is 1.45 bits per heavy atom. The number of Topliss-reactive ketones (excluding diaryl/α,β-unsaturated/α-hetero) is 6. The van der Waals surface area contributed by atoms with Crippen LogP contribution in [0.2, 0.25) is 0 Å². The van der Waals surface area contributed by atoms with Crippen LogP contribution in [0.3, 0.4) is 0 Å². The molecule has 0 spiro atoms. The number of ketones is 6. The molecule has 0 aliphatic carbocycles. The second kappa shape index (κ2) is 29.7. The summed E-state index contributed by atoms with van der Waals surface area (Å²) in [5, 5.41) is 44.5. The molecular formula is C45H66N6O15. The first-order valence-electron chi connectivity index (χ1n) is 22.3. The number of unbranched alkanes of at least 4 members (excludes halogenated alkanes) is 1. The Hall–Kier alpha value is -5.80. The molecule has 366 valence electrons. The van der Waals surface area contributed by atoms with Gasteiger partial charge in [0.25, 0.3) is 0 Å². The minimum absolute atomic E-state index is 0.0609. The van der Waals surface area contributed by atoms with E-state index in [1.54, 1.807) is 0 Å². The van der Waals surface area contributed by atoms with Crippen molar-refractivity contribution in [3.63, 3.8) is 0 Å². The lowest BCUT2D eigenvalue weighted by molar-refractivity contribution is -0.139. The van der Waals surface area contributed by atoms with E-state index in [4.69, 9.17) is 4.74 Å². The van der Waals surface area contributed by atoms with Crippen molar-refractivity contribution in [2.75, 3.05) is 13.2 Å². The molecule has 0 bridgehead atoms. The Balaban J connectivity index is 2.07. The molecule has 2 amide bonds. The molecule has 8 atom stereocenters. The lowest BCUT2D eigenvalue weighted by Gasteiger charge is -2.24. The highest BCUT2D eigenvalue weighted by Gasteiger charge is 2.34. The second-order valence-electron chi connectivity index (χ2n) is 16.8. The first kappa shape index (κ1) is 56.3. The molecule has 0 saturated heterocycles. The minimum atomic E-state index is -1.36. The van der Waals surface area contributed by atoms with Gasteiger partial charge in [-0.15, -0.1) is 0 Å². The number of hydrogen-bond donors (Lipinski definition) is 8.